The van der Waals surface area contributed by atoms with Crippen LogP contribution in [0.15, 0.2) is 76.1 Å². The molecule has 0 amide bonds. The van der Waals surface area contributed by atoms with Crippen molar-refractivity contribution in [2.45, 2.75) is 11.2 Å². The van der Waals surface area contributed by atoms with Gasteiger partial charge in [0.1, 0.15) is 17.3 Å². The molecule has 1 aromatic heterocycles. The summed E-state index contributed by atoms with van der Waals surface area (Å²) in [5, 5.41) is 9.92. The van der Waals surface area contributed by atoms with E-state index in [0.29, 0.717) is 17.3 Å². The lowest BCUT2D eigenvalue weighted by Gasteiger charge is -2.21. The Morgan fingerprint density at radius 2 is 1.62 bits per heavy atom. The number of hydrogen-bond acceptors (Lipinski definition) is 5. The Morgan fingerprint density at radius 3 is 2.35 bits per heavy atom. The SMILES string of the molecule is CS(=O)(=O)c1ccc(-c2ccc(C3=CC(O)Oc4ccccc43)o2)cc1. The van der Waals surface area contributed by atoms with Gasteiger partial charge >= 0.3 is 0 Å². The summed E-state index contributed by atoms with van der Waals surface area (Å²) >= 11 is 0. The van der Waals surface area contributed by atoms with Crippen molar-refractivity contribution >= 4 is 15.4 Å². The molecule has 1 N–H and O–H groups in total. The van der Waals surface area contributed by atoms with E-state index in [-0.39, 0.29) is 4.90 Å². The second-order valence-corrected chi connectivity index (χ2v) is 8.06. The minimum absolute atomic E-state index is 0.261. The molecule has 132 valence electrons. The molecule has 6 heteroatoms. The number of benzene rings is 2. The van der Waals surface area contributed by atoms with Gasteiger partial charge in [-0.15, -0.1) is 0 Å². The number of aliphatic hydroxyl groups excluding tert-OH is 1. The molecule has 1 unspecified atom stereocenters. The summed E-state index contributed by atoms with van der Waals surface area (Å²) in [4.78, 5) is 0.261. The standard InChI is InChI=1S/C20H16O5S/c1-26(22,23)14-8-6-13(7-9-14)17-10-11-19(24-17)16-12-20(21)25-18-5-3-2-4-15(16)18/h2-12,20-21H,1H3. The summed E-state index contributed by atoms with van der Waals surface area (Å²) in [6.45, 7) is 0. The van der Waals surface area contributed by atoms with Gasteiger partial charge in [0.2, 0.25) is 6.29 Å². The largest absolute Gasteiger partial charge is 0.461 e. The minimum atomic E-state index is -3.23. The Morgan fingerprint density at radius 1 is 0.923 bits per heavy atom. The number of ether oxygens (including phenoxy) is 1. The summed E-state index contributed by atoms with van der Waals surface area (Å²) < 4.78 is 34.5. The van der Waals surface area contributed by atoms with Gasteiger partial charge in [0.05, 0.1) is 4.90 Å². The maximum absolute atomic E-state index is 11.6. The first-order valence-corrected chi connectivity index (χ1v) is 9.87. The topological polar surface area (TPSA) is 76.7 Å². The van der Waals surface area contributed by atoms with Crippen molar-refractivity contribution in [2.75, 3.05) is 6.26 Å². The smallest absolute Gasteiger partial charge is 0.218 e. The van der Waals surface area contributed by atoms with Crippen LogP contribution in [0.5, 0.6) is 5.75 Å². The van der Waals surface area contributed by atoms with Crippen LogP contribution in [0, 0.1) is 0 Å². The van der Waals surface area contributed by atoms with Gasteiger partial charge in [-0.25, -0.2) is 8.42 Å². The second kappa shape index (κ2) is 6.16. The molecule has 0 spiro atoms. The lowest BCUT2D eigenvalue weighted by molar-refractivity contribution is 0.0225. The molecule has 0 radical (unpaired) electrons. The fourth-order valence-electron chi connectivity index (χ4n) is 2.91. The molecule has 0 aliphatic carbocycles. The Kier molecular flexibility index (Phi) is 3.94. The second-order valence-electron chi connectivity index (χ2n) is 6.05. The van der Waals surface area contributed by atoms with Crippen LogP contribution in [0.4, 0.5) is 0 Å². The highest BCUT2D eigenvalue weighted by molar-refractivity contribution is 7.90. The van der Waals surface area contributed by atoms with Crippen molar-refractivity contribution in [1.29, 1.82) is 0 Å². The van der Waals surface area contributed by atoms with E-state index in [0.717, 1.165) is 16.7 Å². The normalized spacial score (nSPS) is 16.5. The van der Waals surface area contributed by atoms with Gasteiger partial charge in [-0.05, 0) is 48.5 Å². The van der Waals surface area contributed by atoms with Crippen LogP contribution in [-0.2, 0) is 9.84 Å². The maximum Gasteiger partial charge on any atom is 0.218 e. The van der Waals surface area contributed by atoms with Gasteiger partial charge in [0.25, 0.3) is 0 Å². The molecule has 5 nitrogen and oxygen atoms in total. The van der Waals surface area contributed by atoms with Crippen molar-refractivity contribution in [3.05, 3.63) is 78.1 Å². The monoisotopic (exact) mass is 368 g/mol. The molecule has 1 aliphatic heterocycles. The van der Waals surface area contributed by atoms with Gasteiger partial charge in [0, 0.05) is 23.0 Å². The lowest BCUT2D eigenvalue weighted by Crippen LogP contribution is -2.17. The highest BCUT2D eigenvalue weighted by Crippen LogP contribution is 2.37. The van der Waals surface area contributed by atoms with Gasteiger partial charge < -0.3 is 14.3 Å². The predicted octanol–water partition coefficient (Wildman–Crippen LogP) is 3.49. The summed E-state index contributed by atoms with van der Waals surface area (Å²) in [6, 6.07) is 17.6. The fraction of sp³-hybridized carbons (Fsp3) is 0.100. The van der Waals surface area contributed by atoms with Crippen LogP contribution in [-0.4, -0.2) is 26.1 Å². The summed E-state index contributed by atoms with van der Waals surface area (Å²) in [5.74, 6) is 1.80. The molecule has 1 atom stereocenters. The Hall–Kier alpha value is -2.83. The van der Waals surface area contributed by atoms with E-state index in [4.69, 9.17) is 9.15 Å². The van der Waals surface area contributed by atoms with Crippen LogP contribution in [0.1, 0.15) is 11.3 Å². The maximum atomic E-state index is 11.6. The molecule has 4 rings (SSSR count). The molecule has 0 saturated carbocycles. The summed E-state index contributed by atoms with van der Waals surface area (Å²) in [7, 11) is -3.23. The highest BCUT2D eigenvalue weighted by atomic mass is 32.2. The van der Waals surface area contributed by atoms with Gasteiger partial charge in [-0.2, -0.15) is 0 Å². The zero-order valence-electron chi connectivity index (χ0n) is 13.9. The van der Waals surface area contributed by atoms with Crippen LogP contribution in [0.3, 0.4) is 0 Å². The first kappa shape index (κ1) is 16.6. The molecular weight excluding hydrogens is 352 g/mol. The van der Waals surface area contributed by atoms with Crippen LogP contribution in [0.2, 0.25) is 0 Å². The molecule has 2 aromatic carbocycles. The fourth-order valence-corrected chi connectivity index (χ4v) is 3.54. The van der Waals surface area contributed by atoms with Crippen molar-refractivity contribution in [3.8, 4) is 17.1 Å². The van der Waals surface area contributed by atoms with Gasteiger partial charge in [0.15, 0.2) is 9.84 Å². The van der Waals surface area contributed by atoms with E-state index in [1.807, 2.05) is 30.3 Å². The molecule has 0 saturated heterocycles. The van der Waals surface area contributed by atoms with E-state index in [1.54, 1.807) is 36.4 Å². The van der Waals surface area contributed by atoms with Crippen molar-refractivity contribution in [1.82, 2.24) is 0 Å². The Bertz CT molecular complexity index is 1090. The first-order chi connectivity index (χ1) is 12.4. The minimum Gasteiger partial charge on any atom is -0.461 e. The van der Waals surface area contributed by atoms with Gasteiger partial charge in [-0.3, -0.25) is 0 Å². The van der Waals surface area contributed by atoms with Crippen LogP contribution < -0.4 is 4.74 Å². The zero-order valence-corrected chi connectivity index (χ0v) is 14.7. The third kappa shape index (κ3) is 3.05. The molecule has 3 aromatic rings. The zero-order chi connectivity index (χ0) is 18.3. The lowest BCUT2D eigenvalue weighted by atomic mass is 10.0. The number of aliphatic hydroxyl groups is 1. The summed E-state index contributed by atoms with van der Waals surface area (Å²) in [5.41, 5.74) is 2.36. The van der Waals surface area contributed by atoms with Crippen molar-refractivity contribution in [2.24, 2.45) is 0 Å². The number of para-hydroxylation sites is 1. The Balaban J connectivity index is 1.71. The van der Waals surface area contributed by atoms with Gasteiger partial charge in [-0.1, -0.05) is 18.2 Å². The molecular formula is C20H16O5S. The van der Waals surface area contributed by atoms with E-state index in [1.165, 1.54) is 6.26 Å². The first-order valence-electron chi connectivity index (χ1n) is 7.98. The Labute approximate surface area is 151 Å². The van der Waals surface area contributed by atoms with E-state index in [9.17, 15) is 13.5 Å². The molecule has 26 heavy (non-hydrogen) atoms. The third-order valence-corrected chi connectivity index (χ3v) is 5.30. The van der Waals surface area contributed by atoms with Crippen LogP contribution >= 0.6 is 0 Å². The molecule has 0 fully saturated rings. The predicted molar refractivity (Wildman–Crippen MR) is 97.4 cm³/mol. The average Bonchev–Trinajstić information content (AvgIpc) is 3.10. The average molecular weight is 368 g/mol. The van der Waals surface area contributed by atoms with E-state index in [2.05, 4.69) is 0 Å². The number of furan rings is 1. The van der Waals surface area contributed by atoms with E-state index < -0.39 is 16.1 Å². The van der Waals surface area contributed by atoms with Crippen LogP contribution in [0.25, 0.3) is 16.9 Å². The molecule has 1 aliphatic rings. The number of rotatable bonds is 3. The third-order valence-electron chi connectivity index (χ3n) is 4.17. The quantitative estimate of drug-likeness (QED) is 0.766. The number of hydrogen-bond donors (Lipinski definition) is 1. The number of sulfone groups is 1. The summed E-state index contributed by atoms with van der Waals surface area (Å²) in [6.07, 6.45) is 1.73. The highest BCUT2D eigenvalue weighted by Gasteiger charge is 2.22. The van der Waals surface area contributed by atoms with Crippen molar-refractivity contribution in [3.63, 3.8) is 0 Å². The number of fused-ring (bicyclic) bond motifs is 1. The molecule has 2 heterocycles. The molecule has 0 bridgehead atoms. The van der Waals surface area contributed by atoms with Crippen molar-refractivity contribution < 1.29 is 22.7 Å². The van der Waals surface area contributed by atoms with E-state index >= 15 is 0 Å².